The fourth-order valence-corrected chi connectivity index (χ4v) is 2.22. The molecular weight excluding hydrogens is 216 g/mol. The Hall–Kier alpha value is -1.88. The van der Waals surface area contributed by atoms with E-state index in [-0.39, 0.29) is 6.10 Å². The van der Waals surface area contributed by atoms with Gasteiger partial charge in [-0.05, 0) is 18.9 Å². The number of aromatic amines is 1. The van der Waals surface area contributed by atoms with Gasteiger partial charge in [0.25, 0.3) is 0 Å². The Kier molecular flexibility index (Phi) is 2.53. The minimum Gasteiger partial charge on any atom is -0.382 e. The molecule has 1 aliphatic heterocycles. The van der Waals surface area contributed by atoms with Gasteiger partial charge in [-0.15, -0.1) is 0 Å². The number of nitrogens with zero attached hydrogens (tertiary/aromatic N) is 2. The van der Waals surface area contributed by atoms with Crippen molar-refractivity contribution in [1.82, 2.24) is 15.2 Å². The summed E-state index contributed by atoms with van der Waals surface area (Å²) in [7, 11) is 0. The monoisotopic (exact) mass is 230 g/mol. The molecule has 1 unspecified atom stereocenters. The Labute approximate surface area is 99.0 Å². The van der Waals surface area contributed by atoms with Crippen molar-refractivity contribution in [3.8, 4) is 11.1 Å². The Morgan fingerprint density at radius 3 is 3.12 bits per heavy atom. The molecular formula is C12H14N4O. The second-order valence-corrected chi connectivity index (χ2v) is 4.14. The SMILES string of the molecule is Nc1n[nH]c(C2CCCO2)c1-c1cccnc1. The zero-order valence-electron chi connectivity index (χ0n) is 9.39. The van der Waals surface area contributed by atoms with Gasteiger partial charge in [0.1, 0.15) is 0 Å². The zero-order chi connectivity index (χ0) is 11.7. The predicted molar refractivity (Wildman–Crippen MR) is 64.2 cm³/mol. The van der Waals surface area contributed by atoms with Crippen molar-refractivity contribution in [2.24, 2.45) is 0 Å². The molecule has 0 bridgehead atoms. The first-order valence-electron chi connectivity index (χ1n) is 5.72. The summed E-state index contributed by atoms with van der Waals surface area (Å²) in [6.07, 6.45) is 5.70. The first-order valence-corrected chi connectivity index (χ1v) is 5.72. The highest BCUT2D eigenvalue weighted by atomic mass is 16.5. The third-order valence-corrected chi connectivity index (χ3v) is 3.02. The second kappa shape index (κ2) is 4.18. The summed E-state index contributed by atoms with van der Waals surface area (Å²) in [6.45, 7) is 0.802. The van der Waals surface area contributed by atoms with E-state index in [2.05, 4.69) is 15.2 Å². The highest BCUT2D eigenvalue weighted by Gasteiger charge is 2.25. The summed E-state index contributed by atoms with van der Waals surface area (Å²) in [6, 6.07) is 3.87. The molecule has 0 spiro atoms. The van der Waals surface area contributed by atoms with Gasteiger partial charge in [-0.25, -0.2) is 0 Å². The van der Waals surface area contributed by atoms with Crippen molar-refractivity contribution < 1.29 is 4.74 Å². The lowest BCUT2D eigenvalue weighted by molar-refractivity contribution is 0.109. The van der Waals surface area contributed by atoms with E-state index in [9.17, 15) is 0 Å². The summed E-state index contributed by atoms with van der Waals surface area (Å²) < 4.78 is 5.67. The van der Waals surface area contributed by atoms with Crippen molar-refractivity contribution in [2.45, 2.75) is 18.9 Å². The lowest BCUT2D eigenvalue weighted by atomic mass is 10.0. The molecule has 3 heterocycles. The molecule has 0 radical (unpaired) electrons. The average Bonchev–Trinajstić information content (AvgIpc) is 2.98. The molecule has 1 atom stereocenters. The third kappa shape index (κ3) is 1.78. The molecule has 1 aliphatic rings. The first kappa shape index (κ1) is 10.3. The highest BCUT2D eigenvalue weighted by molar-refractivity contribution is 5.75. The number of aromatic nitrogens is 3. The Morgan fingerprint density at radius 1 is 1.47 bits per heavy atom. The van der Waals surface area contributed by atoms with Crippen molar-refractivity contribution in [2.75, 3.05) is 12.3 Å². The number of ether oxygens (including phenoxy) is 1. The molecule has 0 saturated carbocycles. The second-order valence-electron chi connectivity index (χ2n) is 4.14. The summed E-state index contributed by atoms with van der Waals surface area (Å²) in [5.41, 5.74) is 8.78. The van der Waals surface area contributed by atoms with E-state index in [1.807, 2.05) is 12.1 Å². The Morgan fingerprint density at radius 2 is 2.41 bits per heavy atom. The van der Waals surface area contributed by atoms with Gasteiger partial charge in [-0.2, -0.15) is 5.10 Å². The van der Waals surface area contributed by atoms with Crippen LogP contribution in [0.1, 0.15) is 24.6 Å². The Bertz CT molecular complexity index is 502. The largest absolute Gasteiger partial charge is 0.382 e. The molecule has 5 nitrogen and oxygen atoms in total. The molecule has 5 heteroatoms. The Balaban J connectivity index is 2.06. The molecule has 1 fully saturated rings. The standard InChI is InChI=1S/C12H14N4O/c13-12-10(8-3-1-5-14-7-8)11(15-16-12)9-4-2-6-17-9/h1,3,5,7,9H,2,4,6H2,(H3,13,15,16). The van der Waals surface area contributed by atoms with Crippen LogP contribution in [0.3, 0.4) is 0 Å². The van der Waals surface area contributed by atoms with Crippen LogP contribution < -0.4 is 5.73 Å². The van der Waals surface area contributed by atoms with Crippen LogP contribution in [0.5, 0.6) is 0 Å². The summed E-state index contributed by atoms with van der Waals surface area (Å²) >= 11 is 0. The molecule has 0 amide bonds. The van der Waals surface area contributed by atoms with Gasteiger partial charge in [-0.3, -0.25) is 10.1 Å². The van der Waals surface area contributed by atoms with Crippen LogP contribution >= 0.6 is 0 Å². The molecule has 2 aromatic rings. The van der Waals surface area contributed by atoms with Crippen molar-refractivity contribution >= 4 is 5.82 Å². The number of H-pyrrole nitrogens is 1. The minimum absolute atomic E-state index is 0.0787. The number of anilines is 1. The molecule has 88 valence electrons. The highest BCUT2D eigenvalue weighted by Crippen LogP contribution is 2.36. The quantitative estimate of drug-likeness (QED) is 0.826. The number of rotatable bonds is 2. The van der Waals surface area contributed by atoms with E-state index in [0.29, 0.717) is 5.82 Å². The van der Waals surface area contributed by atoms with Crippen LogP contribution in [0.25, 0.3) is 11.1 Å². The molecule has 0 aromatic carbocycles. The van der Waals surface area contributed by atoms with Gasteiger partial charge in [0, 0.05) is 24.6 Å². The molecule has 1 saturated heterocycles. The normalized spacial score (nSPS) is 19.6. The van der Waals surface area contributed by atoms with Gasteiger partial charge in [0.2, 0.25) is 0 Å². The van der Waals surface area contributed by atoms with E-state index < -0.39 is 0 Å². The summed E-state index contributed by atoms with van der Waals surface area (Å²) in [5.74, 6) is 0.503. The number of hydrogen-bond donors (Lipinski definition) is 2. The first-order chi connectivity index (χ1) is 8.36. The fraction of sp³-hybridized carbons (Fsp3) is 0.333. The van der Waals surface area contributed by atoms with Crippen LogP contribution in [0.2, 0.25) is 0 Å². The van der Waals surface area contributed by atoms with Gasteiger partial charge in [0.15, 0.2) is 5.82 Å². The minimum atomic E-state index is 0.0787. The van der Waals surface area contributed by atoms with E-state index in [0.717, 1.165) is 36.3 Å². The topological polar surface area (TPSA) is 76.8 Å². The van der Waals surface area contributed by atoms with Crippen molar-refractivity contribution in [1.29, 1.82) is 0 Å². The van der Waals surface area contributed by atoms with Crippen molar-refractivity contribution in [3.63, 3.8) is 0 Å². The van der Waals surface area contributed by atoms with Gasteiger partial charge in [-0.1, -0.05) is 6.07 Å². The lowest BCUT2D eigenvalue weighted by Gasteiger charge is -2.10. The van der Waals surface area contributed by atoms with Crippen LogP contribution in [0.15, 0.2) is 24.5 Å². The molecule has 2 aromatic heterocycles. The lowest BCUT2D eigenvalue weighted by Crippen LogP contribution is -1.99. The van der Waals surface area contributed by atoms with E-state index >= 15 is 0 Å². The van der Waals surface area contributed by atoms with Crippen LogP contribution in [-0.4, -0.2) is 21.8 Å². The predicted octanol–water partition coefficient (Wildman–Crippen LogP) is 1.91. The molecule has 17 heavy (non-hydrogen) atoms. The fourth-order valence-electron chi connectivity index (χ4n) is 2.22. The van der Waals surface area contributed by atoms with E-state index in [1.165, 1.54) is 0 Å². The maximum Gasteiger partial charge on any atom is 0.153 e. The van der Waals surface area contributed by atoms with Gasteiger partial charge >= 0.3 is 0 Å². The molecule has 3 N–H and O–H groups in total. The number of pyridine rings is 1. The van der Waals surface area contributed by atoms with Crippen LogP contribution in [0.4, 0.5) is 5.82 Å². The smallest absolute Gasteiger partial charge is 0.153 e. The molecule has 3 rings (SSSR count). The van der Waals surface area contributed by atoms with E-state index in [1.54, 1.807) is 12.4 Å². The van der Waals surface area contributed by atoms with Gasteiger partial charge in [0.05, 0.1) is 17.4 Å². The maximum atomic E-state index is 5.92. The average molecular weight is 230 g/mol. The number of hydrogen-bond acceptors (Lipinski definition) is 4. The van der Waals surface area contributed by atoms with Crippen molar-refractivity contribution in [3.05, 3.63) is 30.2 Å². The zero-order valence-corrected chi connectivity index (χ0v) is 9.39. The van der Waals surface area contributed by atoms with E-state index in [4.69, 9.17) is 10.5 Å². The van der Waals surface area contributed by atoms with Crippen LogP contribution in [0, 0.1) is 0 Å². The number of nitrogen functional groups attached to an aromatic ring is 1. The maximum absolute atomic E-state index is 5.92. The summed E-state index contributed by atoms with van der Waals surface area (Å²) in [4.78, 5) is 4.11. The number of nitrogens with two attached hydrogens (primary N) is 1. The molecule has 0 aliphatic carbocycles. The van der Waals surface area contributed by atoms with Gasteiger partial charge < -0.3 is 10.5 Å². The van der Waals surface area contributed by atoms with Crippen LogP contribution in [-0.2, 0) is 4.74 Å². The number of nitrogens with one attached hydrogen (secondary N) is 1. The summed E-state index contributed by atoms with van der Waals surface area (Å²) in [5, 5.41) is 7.07. The third-order valence-electron chi connectivity index (χ3n) is 3.02.